The minimum Gasteiger partial charge on any atom is -0.480 e. The molecule has 0 saturated carbocycles. The van der Waals surface area contributed by atoms with Crippen LogP contribution in [0.3, 0.4) is 0 Å². The molecule has 0 radical (unpaired) electrons. The van der Waals surface area contributed by atoms with Gasteiger partial charge in [0.1, 0.15) is 6.54 Å². The number of aryl methyl sites for hydroxylation is 1. The maximum atomic E-state index is 12.1. The lowest BCUT2D eigenvalue weighted by atomic mass is 10.2. The highest BCUT2D eigenvalue weighted by atomic mass is 32.2. The summed E-state index contributed by atoms with van der Waals surface area (Å²) in [4.78, 5) is 25.1. The Bertz CT molecular complexity index is 504. The number of nitrogens with zero attached hydrogens (tertiary/aromatic N) is 1. The number of rotatable bonds is 2. The van der Waals surface area contributed by atoms with Crippen molar-refractivity contribution in [2.45, 2.75) is 17.9 Å². The molecule has 5 nitrogen and oxygen atoms in total. The van der Waals surface area contributed by atoms with E-state index in [-0.39, 0.29) is 12.5 Å². The van der Waals surface area contributed by atoms with Gasteiger partial charge in [0.15, 0.2) is 0 Å². The van der Waals surface area contributed by atoms with Gasteiger partial charge >= 0.3 is 5.97 Å². The maximum absolute atomic E-state index is 12.1. The molecule has 0 fully saturated rings. The number of hydrogen-bond acceptors (Lipinski definition) is 4. The molecule has 1 aliphatic rings. The number of carboxylic acids is 1. The molecule has 0 spiro atoms. The van der Waals surface area contributed by atoms with Gasteiger partial charge in [-0.3, -0.25) is 14.5 Å². The Balaban J connectivity index is 2.46. The van der Waals surface area contributed by atoms with Crippen LogP contribution in [0.15, 0.2) is 23.1 Å². The SMILES string of the molecule is Cc1ccc2c(c1)SCC(N)C(=O)N2CC(=O)O. The molecule has 0 bridgehead atoms. The van der Waals surface area contributed by atoms with Crippen LogP contribution in [0.2, 0.25) is 0 Å². The van der Waals surface area contributed by atoms with E-state index in [9.17, 15) is 9.59 Å². The van der Waals surface area contributed by atoms with Crippen molar-refractivity contribution in [3.05, 3.63) is 23.8 Å². The van der Waals surface area contributed by atoms with Gasteiger partial charge in [0, 0.05) is 10.6 Å². The van der Waals surface area contributed by atoms with Crippen molar-refractivity contribution in [3.63, 3.8) is 0 Å². The predicted molar refractivity (Wildman–Crippen MR) is 69.9 cm³/mol. The largest absolute Gasteiger partial charge is 0.480 e. The Morgan fingerprint density at radius 1 is 1.61 bits per heavy atom. The van der Waals surface area contributed by atoms with Gasteiger partial charge in [-0.1, -0.05) is 6.07 Å². The zero-order valence-corrected chi connectivity index (χ0v) is 10.7. The van der Waals surface area contributed by atoms with Crippen molar-refractivity contribution < 1.29 is 14.7 Å². The molecule has 0 saturated heterocycles. The molecule has 3 N–H and O–H groups in total. The van der Waals surface area contributed by atoms with Crippen molar-refractivity contribution in [1.29, 1.82) is 0 Å². The topological polar surface area (TPSA) is 83.6 Å². The number of benzene rings is 1. The zero-order valence-electron chi connectivity index (χ0n) is 9.92. The van der Waals surface area contributed by atoms with Crippen molar-refractivity contribution in [2.24, 2.45) is 5.73 Å². The molecular weight excluding hydrogens is 252 g/mol. The Morgan fingerprint density at radius 2 is 2.33 bits per heavy atom. The van der Waals surface area contributed by atoms with Gasteiger partial charge in [0.05, 0.1) is 11.7 Å². The second-order valence-corrected chi connectivity index (χ2v) is 5.27. The van der Waals surface area contributed by atoms with Crippen LogP contribution >= 0.6 is 11.8 Å². The summed E-state index contributed by atoms with van der Waals surface area (Å²) in [5.41, 5.74) is 7.46. The summed E-state index contributed by atoms with van der Waals surface area (Å²) >= 11 is 1.49. The number of fused-ring (bicyclic) bond motifs is 1. The van der Waals surface area contributed by atoms with Gasteiger partial charge in [-0.05, 0) is 24.6 Å². The van der Waals surface area contributed by atoms with Crippen LogP contribution in [0.1, 0.15) is 5.56 Å². The predicted octanol–water partition coefficient (Wildman–Crippen LogP) is 0.846. The van der Waals surface area contributed by atoms with Gasteiger partial charge in [-0.15, -0.1) is 11.8 Å². The van der Waals surface area contributed by atoms with Crippen molar-refractivity contribution >= 4 is 29.3 Å². The average molecular weight is 266 g/mol. The van der Waals surface area contributed by atoms with E-state index in [2.05, 4.69) is 0 Å². The minimum atomic E-state index is -1.05. The van der Waals surface area contributed by atoms with Crippen LogP contribution in [-0.2, 0) is 9.59 Å². The standard InChI is InChI=1S/C12H14N2O3S/c1-7-2-3-9-10(4-7)18-6-8(13)12(17)14(9)5-11(15)16/h2-4,8H,5-6,13H2,1H3,(H,15,16). The number of thioether (sulfide) groups is 1. The molecule has 1 aromatic rings. The van der Waals surface area contributed by atoms with E-state index in [4.69, 9.17) is 10.8 Å². The summed E-state index contributed by atoms with van der Waals surface area (Å²) in [6.45, 7) is 1.60. The first kappa shape index (κ1) is 12.9. The summed E-state index contributed by atoms with van der Waals surface area (Å²) in [5.74, 6) is -0.924. The number of hydrogen-bond donors (Lipinski definition) is 2. The molecule has 2 rings (SSSR count). The molecule has 0 aromatic heterocycles. The van der Waals surface area contributed by atoms with Gasteiger partial charge < -0.3 is 10.8 Å². The number of aliphatic carboxylic acids is 1. The molecule has 1 unspecified atom stereocenters. The van der Waals surface area contributed by atoms with Crippen LogP contribution < -0.4 is 10.6 Å². The number of amides is 1. The molecular formula is C12H14N2O3S. The summed E-state index contributed by atoms with van der Waals surface area (Å²) in [7, 11) is 0. The molecule has 1 atom stereocenters. The van der Waals surface area contributed by atoms with E-state index in [0.717, 1.165) is 10.5 Å². The molecule has 6 heteroatoms. The van der Waals surface area contributed by atoms with Crippen LogP contribution in [0.4, 0.5) is 5.69 Å². The lowest BCUT2D eigenvalue weighted by molar-refractivity contribution is -0.136. The molecule has 96 valence electrons. The van der Waals surface area contributed by atoms with Gasteiger partial charge in [-0.25, -0.2) is 0 Å². The number of carbonyl (C=O) groups is 2. The van der Waals surface area contributed by atoms with Crippen LogP contribution in [0.25, 0.3) is 0 Å². The highest BCUT2D eigenvalue weighted by molar-refractivity contribution is 7.99. The first-order chi connectivity index (χ1) is 8.49. The molecule has 0 aliphatic carbocycles. The molecule has 1 amide bonds. The van der Waals surface area contributed by atoms with Crippen LogP contribution in [-0.4, -0.2) is 35.3 Å². The number of carbonyl (C=O) groups excluding carboxylic acids is 1. The van der Waals surface area contributed by atoms with Crippen molar-refractivity contribution in [2.75, 3.05) is 17.2 Å². The lowest BCUT2D eigenvalue weighted by Gasteiger charge is -2.22. The van der Waals surface area contributed by atoms with E-state index in [1.54, 1.807) is 6.07 Å². The van der Waals surface area contributed by atoms with Gasteiger partial charge in [0.2, 0.25) is 5.91 Å². The van der Waals surface area contributed by atoms with E-state index < -0.39 is 12.0 Å². The molecule has 1 aromatic carbocycles. The second-order valence-electron chi connectivity index (χ2n) is 4.21. The van der Waals surface area contributed by atoms with E-state index in [1.165, 1.54) is 16.7 Å². The first-order valence-electron chi connectivity index (χ1n) is 5.51. The third-order valence-electron chi connectivity index (χ3n) is 2.70. The third-order valence-corrected chi connectivity index (χ3v) is 3.86. The zero-order chi connectivity index (χ0) is 13.3. The van der Waals surface area contributed by atoms with E-state index in [0.29, 0.717) is 11.4 Å². The highest BCUT2D eigenvalue weighted by Crippen LogP contribution is 2.34. The van der Waals surface area contributed by atoms with E-state index >= 15 is 0 Å². The summed E-state index contributed by atoms with van der Waals surface area (Å²) in [5, 5.41) is 8.90. The molecule has 1 aliphatic heterocycles. The highest BCUT2D eigenvalue weighted by Gasteiger charge is 2.29. The Kier molecular flexibility index (Phi) is 3.58. The smallest absolute Gasteiger partial charge is 0.323 e. The fourth-order valence-electron chi connectivity index (χ4n) is 1.83. The molecule has 18 heavy (non-hydrogen) atoms. The quantitative estimate of drug-likeness (QED) is 0.829. The molecule has 1 heterocycles. The van der Waals surface area contributed by atoms with Crippen molar-refractivity contribution in [1.82, 2.24) is 0 Å². The van der Waals surface area contributed by atoms with Crippen LogP contribution in [0, 0.1) is 6.92 Å². The van der Waals surface area contributed by atoms with Crippen LogP contribution in [0.5, 0.6) is 0 Å². The number of carboxylic acid groups (broad SMARTS) is 1. The Morgan fingerprint density at radius 3 is 3.00 bits per heavy atom. The fourth-order valence-corrected chi connectivity index (χ4v) is 2.93. The van der Waals surface area contributed by atoms with Crippen molar-refractivity contribution in [3.8, 4) is 0 Å². The fraction of sp³-hybridized carbons (Fsp3) is 0.333. The Hall–Kier alpha value is -1.53. The average Bonchev–Trinajstić information content (AvgIpc) is 2.41. The summed E-state index contributed by atoms with van der Waals surface area (Å²) in [6, 6.07) is 4.91. The maximum Gasteiger partial charge on any atom is 0.323 e. The number of nitrogens with two attached hydrogens (primary N) is 1. The minimum absolute atomic E-state index is 0.340. The van der Waals surface area contributed by atoms with Gasteiger partial charge in [-0.2, -0.15) is 0 Å². The Labute approximate surface area is 109 Å². The second kappa shape index (κ2) is 4.99. The summed E-state index contributed by atoms with van der Waals surface area (Å²) < 4.78 is 0. The number of anilines is 1. The van der Waals surface area contributed by atoms with Gasteiger partial charge in [0.25, 0.3) is 0 Å². The monoisotopic (exact) mass is 266 g/mol. The normalized spacial score (nSPS) is 19.3. The first-order valence-corrected chi connectivity index (χ1v) is 6.50. The lowest BCUT2D eigenvalue weighted by Crippen LogP contribution is -2.46. The summed E-state index contributed by atoms with van der Waals surface area (Å²) in [6.07, 6.45) is 0. The van der Waals surface area contributed by atoms with E-state index in [1.807, 2.05) is 19.1 Å². The third kappa shape index (κ3) is 2.49.